The third-order valence-corrected chi connectivity index (χ3v) is 4.63. The summed E-state index contributed by atoms with van der Waals surface area (Å²) >= 11 is 0. The molecule has 0 saturated carbocycles. The van der Waals surface area contributed by atoms with E-state index in [1.54, 1.807) is 19.1 Å². The Morgan fingerprint density at radius 1 is 1.35 bits per heavy atom. The Labute approximate surface area is 120 Å². The van der Waals surface area contributed by atoms with Gasteiger partial charge in [0.05, 0.1) is 4.90 Å². The van der Waals surface area contributed by atoms with Crippen LogP contribution in [0.15, 0.2) is 29.2 Å². The number of hydrogen-bond donors (Lipinski definition) is 2. The first-order valence-corrected chi connectivity index (χ1v) is 8.38. The maximum absolute atomic E-state index is 11.8. The van der Waals surface area contributed by atoms with E-state index in [2.05, 4.69) is 5.32 Å². The molecule has 1 rings (SSSR count). The van der Waals surface area contributed by atoms with Crippen LogP contribution in [0.1, 0.15) is 32.8 Å². The average Bonchev–Trinajstić information content (AvgIpc) is 2.37. The lowest BCUT2D eigenvalue weighted by molar-refractivity contribution is -0.124. The standard InChI is InChI=1S/C14H22N2O3S/c1-5-10(2)16-14(3,13(15)17)11-6-8-12(9-7-11)20(4,18)19/h6-10,16H,5H2,1-4H3,(H2,15,17). The summed E-state index contributed by atoms with van der Waals surface area (Å²) in [5.74, 6) is -0.495. The molecule has 6 heteroatoms. The lowest BCUT2D eigenvalue weighted by Gasteiger charge is -2.31. The number of sulfone groups is 1. The second-order valence-corrected chi connectivity index (χ2v) is 7.26. The molecule has 2 unspecified atom stereocenters. The average molecular weight is 298 g/mol. The molecule has 0 spiro atoms. The molecule has 0 aliphatic rings. The maximum Gasteiger partial charge on any atom is 0.242 e. The predicted octanol–water partition coefficient (Wildman–Crippen LogP) is 1.18. The molecule has 2 atom stereocenters. The highest BCUT2D eigenvalue weighted by atomic mass is 32.2. The molecule has 0 aromatic heterocycles. The number of primary amides is 1. The molecule has 0 aliphatic carbocycles. The molecule has 5 nitrogen and oxygen atoms in total. The Bertz CT molecular complexity index is 581. The smallest absolute Gasteiger partial charge is 0.242 e. The Hall–Kier alpha value is -1.40. The van der Waals surface area contributed by atoms with E-state index in [4.69, 9.17) is 5.73 Å². The summed E-state index contributed by atoms with van der Waals surface area (Å²) in [4.78, 5) is 12.0. The Kier molecular flexibility index (Phi) is 4.94. The highest BCUT2D eigenvalue weighted by molar-refractivity contribution is 7.90. The van der Waals surface area contributed by atoms with Gasteiger partial charge >= 0.3 is 0 Å². The van der Waals surface area contributed by atoms with E-state index in [-0.39, 0.29) is 10.9 Å². The van der Waals surface area contributed by atoms with Gasteiger partial charge in [-0.3, -0.25) is 10.1 Å². The molecule has 0 heterocycles. The zero-order valence-electron chi connectivity index (χ0n) is 12.3. The number of rotatable bonds is 6. The van der Waals surface area contributed by atoms with Crippen molar-refractivity contribution in [3.8, 4) is 0 Å². The summed E-state index contributed by atoms with van der Waals surface area (Å²) in [6.07, 6.45) is 2.00. The van der Waals surface area contributed by atoms with E-state index < -0.39 is 21.3 Å². The second kappa shape index (κ2) is 5.93. The van der Waals surface area contributed by atoms with Gasteiger partial charge in [0, 0.05) is 12.3 Å². The SMILES string of the molecule is CCC(C)NC(C)(C(N)=O)c1ccc(S(C)(=O)=O)cc1. The van der Waals surface area contributed by atoms with Crippen LogP contribution in [0.4, 0.5) is 0 Å². The van der Waals surface area contributed by atoms with E-state index in [1.165, 1.54) is 12.1 Å². The molecule has 0 radical (unpaired) electrons. The van der Waals surface area contributed by atoms with Gasteiger partial charge in [0.2, 0.25) is 5.91 Å². The minimum Gasteiger partial charge on any atom is -0.368 e. The van der Waals surface area contributed by atoms with Gasteiger partial charge in [0.25, 0.3) is 0 Å². The van der Waals surface area contributed by atoms with E-state index in [9.17, 15) is 13.2 Å². The fourth-order valence-electron chi connectivity index (χ4n) is 1.93. The van der Waals surface area contributed by atoms with Gasteiger partial charge in [-0.25, -0.2) is 8.42 Å². The molecular formula is C14H22N2O3S. The molecule has 3 N–H and O–H groups in total. The summed E-state index contributed by atoms with van der Waals surface area (Å²) in [6, 6.07) is 6.34. The van der Waals surface area contributed by atoms with Crippen molar-refractivity contribution < 1.29 is 13.2 Å². The Balaban J connectivity index is 3.20. The fourth-order valence-corrected chi connectivity index (χ4v) is 2.56. The number of nitrogens with one attached hydrogen (secondary N) is 1. The van der Waals surface area contributed by atoms with Crippen LogP contribution in [0, 0.1) is 0 Å². The summed E-state index contributed by atoms with van der Waals surface area (Å²) in [5.41, 5.74) is 5.14. The van der Waals surface area contributed by atoms with Gasteiger partial charge in [0.15, 0.2) is 9.84 Å². The van der Waals surface area contributed by atoms with E-state index in [0.29, 0.717) is 5.56 Å². The van der Waals surface area contributed by atoms with Crippen LogP contribution in [0.25, 0.3) is 0 Å². The van der Waals surface area contributed by atoms with Crippen LogP contribution in [0.3, 0.4) is 0 Å². The van der Waals surface area contributed by atoms with Crippen LogP contribution >= 0.6 is 0 Å². The van der Waals surface area contributed by atoms with E-state index in [0.717, 1.165) is 12.7 Å². The molecule has 1 amide bonds. The van der Waals surface area contributed by atoms with Gasteiger partial charge in [-0.2, -0.15) is 0 Å². The zero-order valence-corrected chi connectivity index (χ0v) is 13.1. The van der Waals surface area contributed by atoms with Crippen molar-refractivity contribution in [3.63, 3.8) is 0 Å². The highest BCUT2D eigenvalue weighted by Crippen LogP contribution is 2.23. The van der Waals surface area contributed by atoms with Crippen LogP contribution in [-0.2, 0) is 20.2 Å². The second-order valence-electron chi connectivity index (χ2n) is 5.24. The van der Waals surface area contributed by atoms with Gasteiger partial charge < -0.3 is 5.73 Å². The summed E-state index contributed by atoms with van der Waals surface area (Å²) in [7, 11) is -3.25. The molecule has 1 aromatic rings. The monoisotopic (exact) mass is 298 g/mol. The number of benzene rings is 1. The minimum atomic E-state index is -3.25. The summed E-state index contributed by atoms with van der Waals surface area (Å²) in [6.45, 7) is 5.68. The van der Waals surface area contributed by atoms with Crippen molar-refractivity contribution in [3.05, 3.63) is 29.8 Å². The fraction of sp³-hybridized carbons (Fsp3) is 0.500. The third-order valence-electron chi connectivity index (χ3n) is 3.50. The van der Waals surface area contributed by atoms with Crippen LogP contribution < -0.4 is 11.1 Å². The Morgan fingerprint density at radius 3 is 2.20 bits per heavy atom. The number of hydrogen-bond acceptors (Lipinski definition) is 4. The van der Waals surface area contributed by atoms with Gasteiger partial charge in [0.1, 0.15) is 5.54 Å². The van der Waals surface area contributed by atoms with Crippen LogP contribution in [-0.4, -0.2) is 26.6 Å². The predicted molar refractivity (Wildman–Crippen MR) is 79.0 cm³/mol. The first kappa shape index (κ1) is 16.7. The van der Waals surface area contributed by atoms with Crippen LogP contribution in [0.2, 0.25) is 0 Å². The molecular weight excluding hydrogens is 276 g/mol. The molecule has 112 valence electrons. The van der Waals surface area contributed by atoms with Crippen molar-refractivity contribution >= 4 is 15.7 Å². The lowest BCUT2D eigenvalue weighted by Crippen LogP contribution is -2.53. The number of amides is 1. The van der Waals surface area contributed by atoms with Crippen LogP contribution in [0.5, 0.6) is 0 Å². The van der Waals surface area contributed by atoms with E-state index in [1.807, 2.05) is 13.8 Å². The van der Waals surface area contributed by atoms with Crippen molar-refractivity contribution in [2.75, 3.05) is 6.26 Å². The quantitative estimate of drug-likeness (QED) is 0.825. The first-order valence-electron chi connectivity index (χ1n) is 6.49. The molecule has 20 heavy (non-hydrogen) atoms. The summed E-state index contributed by atoms with van der Waals surface area (Å²) < 4.78 is 22.9. The van der Waals surface area contributed by atoms with Crippen molar-refractivity contribution in [2.45, 2.75) is 43.7 Å². The molecule has 0 saturated heterocycles. The topological polar surface area (TPSA) is 89.3 Å². The maximum atomic E-state index is 11.8. The third kappa shape index (κ3) is 3.58. The first-order chi connectivity index (χ1) is 9.11. The van der Waals surface area contributed by atoms with E-state index >= 15 is 0 Å². The van der Waals surface area contributed by atoms with Gasteiger partial charge in [-0.05, 0) is 38.0 Å². The largest absolute Gasteiger partial charge is 0.368 e. The molecule has 0 bridgehead atoms. The highest BCUT2D eigenvalue weighted by Gasteiger charge is 2.34. The number of nitrogens with two attached hydrogens (primary N) is 1. The minimum absolute atomic E-state index is 0.113. The zero-order chi connectivity index (χ0) is 15.6. The summed E-state index contributed by atoms with van der Waals surface area (Å²) in [5, 5.41) is 3.19. The van der Waals surface area contributed by atoms with Gasteiger partial charge in [-0.15, -0.1) is 0 Å². The molecule has 0 aliphatic heterocycles. The lowest BCUT2D eigenvalue weighted by atomic mass is 9.90. The van der Waals surface area contributed by atoms with Crippen molar-refractivity contribution in [1.82, 2.24) is 5.32 Å². The van der Waals surface area contributed by atoms with Crippen molar-refractivity contribution in [2.24, 2.45) is 5.73 Å². The van der Waals surface area contributed by atoms with Crippen molar-refractivity contribution in [1.29, 1.82) is 0 Å². The Morgan fingerprint density at radius 2 is 1.85 bits per heavy atom. The molecule has 0 fully saturated rings. The normalized spacial score (nSPS) is 16.4. The number of carbonyl (C=O) groups is 1. The van der Waals surface area contributed by atoms with Gasteiger partial charge in [-0.1, -0.05) is 19.1 Å². The molecule has 1 aromatic carbocycles. The number of carbonyl (C=O) groups excluding carboxylic acids is 1.